The van der Waals surface area contributed by atoms with E-state index in [1.807, 2.05) is 24.3 Å². The predicted molar refractivity (Wildman–Crippen MR) is 94.2 cm³/mol. The van der Waals surface area contributed by atoms with Crippen molar-refractivity contribution in [3.8, 4) is 0 Å². The van der Waals surface area contributed by atoms with Gasteiger partial charge in [-0.15, -0.1) is 0 Å². The predicted octanol–water partition coefficient (Wildman–Crippen LogP) is 3.41. The van der Waals surface area contributed by atoms with Gasteiger partial charge in [-0.25, -0.2) is 5.01 Å². The van der Waals surface area contributed by atoms with Crippen LogP contribution in [0.15, 0.2) is 54.1 Å². The third-order valence-electron chi connectivity index (χ3n) is 3.12. The zero-order valence-electron chi connectivity index (χ0n) is 11.2. The molecule has 2 aromatic rings. The van der Waals surface area contributed by atoms with Gasteiger partial charge in [0, 0.05) is 8.59 Å². The Morgan fingerprint density at radius 3 is 2.59 bits per heavy atom. The number of rotatable bonds is 2. The lowest BCUT2D eigenvalue weighted by Crippen LogP contribution is -2.35. The molecule has 2 amide bonds. The summed E-state index contributed by atoms with van der Waals surface area (Å²) in [5.74, 6) is -0.824. The number of nitrogens with one attached hydrogen (secondary N) is 1. The van der Waals surface area contributed by atoms with Gasteiger partial charge in [-0.1, -0.05) is 29.8 Å². The molecule has 0 atom stereocenters. The summed E-state index contributed by atoms with van der Waals surface area (Å²) in [6.07, 6.45) is 1.59. The molecule has 110 valence electrons. The van der Waals surface area contributed by atoms with Gasteiger partial charge < -0.3 is 0 Å². The van der Waals surface area contributed by atoms with E-state index in [-0.39, 0.29) is 5.57 Å². The lowest BCUT2D eigenvalue weighted by molar-refractivity contribution is -0.117. The van der Waals surface area contributed by atoms with Crippen molar-refractivity contribution in [3.05, 3.63) is 68.3 Å². The van der Waals surface area contributed by atoms with Crippen LogP contribution in [0.2, 0.25) is 5.02 Å². The molecule has 3 rings (SSSR count). The number of hydrogen-bond donors (Lipinski definition) is 1. The Balaban J connectivity index is 1.95. The van der Waals surface area contributed by atoms with E-state index in [1.54, 1.807) is 30.3 Å². The number of hydrazine groups is 1. The van der Waals surface area contributed by atoms with Crippen molar-refractivity contribution in [2.24, 2.45) is 0 Å². The van der Waals surface area contributed by atoms with Crippen LogP contribution in [-0.2, 0) is 9.59 Å². The molecule has 0 saturated carbocycles. The van der Waals surface area contributed by atoms with Crippen LogP contribution in [0.25, 0.3) is 6.08 Å². The third-order valence-corrected chi connectivity index (χ3v) is 4.02. The van der Waals surface area contributed by atoms with Crippen LogP contribution >= 0.6 is 34.2 Å². The van der Waals surface area contributed by atoms with Crippen molar-refractivity contribution in [2.45, 2.75) is 0 Å². The van der Waals surface area contributed by atoms with Gasteiger partial charge in [0.05, 0.1) is 5.69 Å². The van der Waals surface area contributed by atoms with Gasteiger partial charge in [-0.2, -0.15) is 0 Å². The number of halogens is 2. The van der Waals surface area contributed by atoms with Gasteiger partial charge in [0.2, 0.25) is 0 Å². The van der Waals surface area contributed by atoms with E-state index in [0.29, 0.717) is 10.7 Å². The SMILES string of the molecule is O=C1NN(c2cccc(Cl)c2)C(=O)C1=Cc1cccc(I)c1. The number of carbonyl (C=O) groups is 2. The van der Waals surface area contributed by atoms with Crippen molar-refractivity contribution >= 4 is 57.8 Å². The van der Waals surface area contributed by atoms with E-state index in [1.165, 1.54) is 5.01 Å². The Morgan fingerprint density at radius 1 is 1.09 bits per heavy atom. The second-order valence-electron chi connectivity index (χ2n) is 4.67. The molecule has 0 bridgehead atoms. The van der Waals surface area contributed by atoms with Crippen molar-refractivity contribution < 1.29 is 9.59 Å². The van der Waals surface area contributed by atoms with Crippen molar-refractivity contribution in [1.29, 1.82) is 0 Å². The molecule has 1 fully saturated rings. The smallest absolute Gasteiger partial charge is 0.267 e. The highest BCUT2D eigenvalue weighted by Crippen LogP contribution is 2.24. The van der Waals surface area contributed by atoms with E-state index in [4.69, 9.17) is 11.6 Å². The first-order valence-corrected chi connectivity index (χ1v) is 7.88. The van der Waals surface area contributed by atoms with Crippen LogP contribution in [-0.4, -0.2) is 11.8 Å². The summed E-state index contributed by atoms with van der Waals surface area (Å²) in [6.45, 7) is 0. The molecule has 0 spiro atoms. The number of nitrogens with zero attached hydrogens (tertiary/aromatic N) is 1. The molecule has 6 heteroatoms. The van der Waals surface area contributed by atoms with Crippen LogP contribution in [0.5, 0.6) is 0 Å². The lowest BCUT2D eigenvalue weighted by Gasteiger charge is -2.14. The second kappa shape index (κ2) is 6.10. The monoisotopic (exact) mass is 424 g/mol. The molecular weight excluding hydrogens is 415 g/mol. The average molecular weight is 425 g/mol. The second-order valence-corrected chi connectivity index (χ2v) is 6.36. The minimum Gasteiger partial charge on any atom is -0.267 e. The van der Waals surface area contributed by atoms with Crippen molar-refractivity contribution in [3.63, 3.8) is 0 Å². The number of amides is 2. The minimum absolute atomic E-state index is 0.0991. The van der Waals surface area contributed by atoms with Crippen molar-refractivity contribution in [2.75, 3.05) is 5.01 Å². The van der Waals surface area contributed by atoms with Gasteiger partial charge in [0.25, 0.3) is 11.8 Å². The van der Waals surface area contributed by atoms with E-state index in [0.717, 1.165) is 9.13 Å². The summed E-state index contributed by atoms with van der Waals surface area (Å²) >= 11 is 8.10. The Labute approximate surface area is 145 Å². The van der Waals surface area contributed by atoms with E-state index >= 15 is 0 Å². The van der Waals surface area contributed by atoms with Crippen molar-refractivity contribution in [1.82, 2.24) is 5.43 Å². The number of hydrogen-bond acceptors (Lipinski definition) is 2. The highest BCUT2D eigenvalue weighted by atomic mass is 127. The first-order valence-electron chi connectivity index (χ1n) is 6.43. The number of benzene rings is 2. The highest BCUT2D eigenvalue weighted by molar-refractivity contribution is 14.1. The normalized spacial score (nSPS) is 16.3. The van der Waals surface area contributed by atoms with Crippen LogP contribution in [0.4, 0.5) is 5.69 Å². The Kier molecular flexibility index (Phi) is 4.17. The van der Waals surface area contributed by atoms with E-state index in [2.05, 4.69) is 28.0 Å². The first-order chi connectivity index (χ1) is 10.5. The quantitative estimate of drug-likeness (QED) is 0.456. The standard InChI is InChI=1S/C16H10ClIN2O2/c17-11-4-2-6-13(9-11)20-16(22)14(15(21)19-20)8-10-3-1-5-12(18)7-10/h1-9H,(H,19,21). The Hall–Kier alpha value is -1.86. The van der Waals surface area contributed by atoms with Gasteiger partial charge in [0.15, 0.2) is 0 Å². The van der Waals surface area contributed by atoms with Gasteiger partial charge >= 0.3 is 0 Å². The molecule has 0 unspecified atom stereocenters. The van der Waals surface area contributed by atoms with Crippen LogP contribution in [0.1, 0.15) is 5.56 Å². The fourth-order valence-electron chi connectivity index (χ4n) is 2.12. The maximum Gasteiger partial charge on any atom is 0.282 e. The zero-order valence-corrected chi connectivity index (χ0v) is 14.1. The van der Waals surface area contributed by atoms with Crippen LogP contribution in [0, 0.1) is 3.57 Å². The maximum absolute atomic E-state index is 12.4. The average Bonchev–Trinajstić information content (AvgIpc) is 2.75. The summed E-state index contributed by atoms with van der Waals surface area (Å²) < 4.78 is 1.03. The van der Waals surface area contributed by atoms with E-state index in [9.17, 15) is 9.59 Å². The lowest BCUT2D eigenvalue weighted by atomic mass is 10.1. The summed E-state index contributed by atoms with van der Waals surface area (Å²) in [7, 11) is 0. The fraction of sp³-hybridized carbons (Fsp3) is 0. The molecule has 0 radical (unpaired) electrons. The molecule has 0 aliphatic carbocycles. The molecular formula is C16H10ClIN2O2. The number of anilines is 1. The molecule has 1 saturated heterocycles. The summed E-state index contributed by atoms with van der Waals surface area (Å²) in [4.78, 5) is 24.5. The first kappa shape index (κ1) is 15.1. The molecule has 22 heavy (non-hydrogen) atoms. The maximum atomic E-state index is 12.4. The Morgan fingerprint density at radius 2 is 1.86 bits per heavy atom. The molecule has 1 heterocycles. The Bertz CT molecular complexity index is 804. The molecule has 1 aliphatic rings. The van der Waals surface area contributed by atoms with Gasteiger partial charge in [-0.3, -0.25) is 15.0 Å². The molecule has 2 aromatic carbocycles. The fourth-order valence-corrected chi connectivity index (χ4v) is 2.87. The largest absolute Gasteiger partial charge is 0.282 e. The molecule has 1 aliphatic heterocycles. The summed E-state index contributed by atoms with van der Waals surface area (Å²) in [6, 6.07) is 14.3. The highest BCUT2D eigenvalue weighted by Gasteiger charge is 2.34. The van der Waals surface area contributed by atoms with E-state index < -0.39 is 11.8 Å². The van der Waals surface area contributed by atoms with Gasteiger partial charge in [0.1, 0.15) is 5.57 Å². The molecule has 0 aromatic heterocycles. The zero-order chi connectivity index (χ0) is 15.7. The van der Waals surface area contributed by atoms with Crippen LogP contribution in [0.3, 0.4) is 0 Å². The minimum atomic E-state index is -0.427. The number of carbonyl (C=O) groups excluding carboxylic acids is 2. The summed E-state index contributed by atoms with van der Waals surface area (Å²) in [5.41, 5.74) is 3.98. The van der Waals surface area contributed by atoms with Crippen LogP contribution < -0.4 is 10.4 Å². The third kappa shape index (κ3) is 3.00. The molecule has 1 N–H and O–H groups in total. The summed E-state index contributed by atoms with van der Waals surface area (Å²) in [5, 5.41) is 1.70. The van der Waals surface area contributed by atoms with Gasteiger partial charge in [-0.05, 0) is 64.6 Å². The topological polar surface area (TPSA) is 49.4 Å². The molecule has 4 nitrogen and oxygen atoms in total.